The zero-order chi connectivity index (χ0) is 15.6. The van der Waals surface area contributed by atoms with Gasteiger partial charge in [0.2, 0.25) is 0 Å². The highest BCUT2D eigenvalue weighted by atomic mass is 16.7. The molecule has 0 saturated carbocycles. The van der Waals surface area contributed by atoms with Gasteiger partial charge in [-0.2, -0.15) is 0 Å². The Morgan fingerprint density at radius 2 is 1.05 bits per heavy atom. The maximum atomic E-state index is 10.7. The molecule has 0 aromatic carbocycles. The van der Waals surface area contributed by atoms with Gasteiger partial charge in [0.15, 0.2) is 0 Å². The minimum atomic E-state index is -0.565. The standard InChI is InChI=1S/C18H36O3.H3N/c1-3-4-5-6-7-8-9-10-11-12-13-14-15-16-17-21-18(19)20-2;/h3-17H2,1-2H3;1H3. The first-order valence-corrected chi connectivity index (χ1v) is 9.02. The van der Waals surface area contributed by atoms with Gasteiger partial charge >= 0.3 is 6.16 Å². The summed E-state index contributed by atoms with van der Waals surface area (Å²) in [6, 6.07) is 0. The molecule has 3 N–H and O–H groups in total. The summed E-state index contributed by atoms with van der Waals surface area (Å²) in [4.78, 5) is 10.7. The van der Waals surface area contributed by atoms with Crippen LogP contribution in [-0.2, 0) is 9.47 Å². The van der Waals surface area contributed by atoms with Gasteiger partial charge in [-0.1, -0.05) is 90.4 Å². The first kappa shape index (κ1) is 23.5. The van der Waals surface area contributed by atoms with Crippen LogP contribution in [0.3, 0.4) is 0 Å². The SMILES string of the molecule is CCCCCCCCCCCCCCCCOC(=O)OC.N. The topological polar surface area (TPSA) is 70.5 Å². The summed E-state index contributed by atoms with van der Waals surface area (Å²) >= 11 is 0. The molecule has 0 aliphatic carbocycles. The third-order valence-electron chi connectivity index (χ3n) is 3.88. The Hall–Kier alpha value is -0.770. The molecule has 0 aromatic rings. The molecule has 4 nitrogen and oxygen atoms in total. The van der Waals surface area contributed by atoms with Crippen LogP contribution in [0.5, 0.6) is 0 Å². The van der Waals surface area contributed by atoms with E-state index in [0.29, 0.717) is 6.61 Å². The van der Waals surface area contributed by atoms with Crippen LogP contribution in [-0.4, -0.2) is 19.9 Å². The van der Waals surface area contributed by atoms with Crippen molar-refractivity contribution < 1.29 is 14.3 Å². The van der Waals surface area contributed by atoms with E-state index in [1.54, 1.807) is 0 Å². The van der Waals surface area contributed by atoms with E-state index in [0.717, 1.165) is 12.8 Å². The summed E-state index contributed by atoms with van der Waals surface area (Å²) in [6.45, 7) is 2.76. The van der Waals surface area contributed by atoms with Crippen molar-refractivity contribution in [3.63, 3.8) is 0 Å². The van der Waals surface area contributed by atoms with Crippen LogP contribution in [0.2, 0.25) is 0 Å². The Morgan fingerprint density at radius 1 is 0.682 bits per heavy atom. The summed E-state index contributed by atoms with van der Waals surface area (Å²) in [7, 11) is 1.34. The monoisotopic (exact) mass is 317 g/mol. The molecule has 0 bridgehead atoms. The quantitative estimate of drug-likeness (QED) is 0.280. The average molecular weight is 318 g/mol. The summed E-state index contributed by atoms with van der Waals surface area (Å²) in [5.74, 6) is 0. The number of ether oxygens (including phenoxy) is 2. The molecule has 0 aromatic heterocycles. The molecule has 4 heteroatoms. The lowest BCUT2D eigenvalue weighted by molar-refractivity contribution is 0.0713. The fourth-order valence-corrected chi connectivity index (χ4v) is 2.51. The van der Waals surface area contributed by atoms with Crippen molar-refractivity contribution in [3.8, 4) is 0 Å². The molecular formula is C18H39NO3. The van der Waals surface area contributed by atoms with Crippen molar-refractivity contribution in [2.45, 2.75) is 96.8 Å². The number of hydrogen-bond donors (Lipinski definition) is 1. The molecule has 0 saturated heterocycles. The van der Waals surface area contributed by atoms with E-state index in [1.807, 2.05) is 0 Å². The van der Waals surface area contributed by atoms with Crippen molar-refractivity contribution in [1.29, 1.82) is 0 Å². The lowest BCUT2D eigenvalue weighted by Crippen LogP contribution is -2.05. The molecule has 0 radical (unpaired) electrons. The van der Waals surface area contributed by atoms with Crippen molar-refractivity contribution in [2.75, 3.05) is 13.7 Å². The maximum Gasteiger partial charge on any atom is 0.507 e. The van der Waals surface area contributed by atoms with Crippen LogP contribution >= 0.6 is 0 Å². The molecule has 0 spiro atoms. The highest BCUT2D eigenvalue weighted by Gasteiger charge is 1.99. The van der Waals surface area contributed by atoms with E-state index in [9.17, 15) is 4.79 Å². The molecule has 134 valence electrons. The average Bonchev–Trinajstić information content (AvgIpc) is 2.50. The van der Waals surface area contributed by atoms with Crippen LogP contribution in [0.25, 0.3) is 0 Å². The van der Waals surface area contributed by atoms with E-state index in [4.69, 9.17) is 4.74 Å². The molecule has 0 aliphatic heterocycles. The molecule has 0 aliphatic rings. The number of rotatable bonds is 15. The molecule has 0 rings (SSSR count). The molecule has 0 unspecified atom stereocenters. The third-order valence-corrected chi connectivity index (χ3v) is 3.88. The molecule has 0 heterocycles. The lowest BCUT2D eigenvalue weighted by atomic mass is 10.0. The molecule has 0 atom stereocenters. The second-order valence-corrected chi connectivity index (χ2v) is 5.90. The van der Waals surface area contributed by atoms with Crippen LogP contribution < -0.4 is 6.15 Å². The molecule has 0 fully saturated rings. The van der Waals surface area contributed by atoms with Gasteiger partial charge in [0.1, 0.15) is 0 Å². The molecular weight excluding hydrogens is 278 g/mol. The maximum absolute atomic E-state index is 10.7. The minimum Gasteiger partial charge on any atom is -0.438 e. The van der Waals surface area contributed by atoms with Gasteiger partial charge in [-0.25, -0.2) is 4.79 Å². The minimum absolute atomic E-state index is 0. The highest BCUT2D eigenvalue weighted by Crippen LogP contribution is 2.12. The summed E-state index contributed by atoms with van der Waals surface area (Å²) in [5, 5.41) is 0. The van der Waals surface area contributed by atoms with Crippen LogP contribution in [0.1, 0.15) is 96.8 Å². The Balaban J connectivity index is 0. The van der Waals surface area contributed by atoms with Gasteiger partial charge < -0.3 is 15.6 Å². The second kappa shape index (κ2) is 20.2. The summed E-state index contributed by atoms with van der Waals surface area (Å²) < 4.78 is 9.25. The lowest BCUT2D eigenvalue weighted by Gasteiger charge is -2.04. The van der Waals surface area contributed by atoms with E-state index < -0.39 is 6.16 Å². The second-order valence-electron chi connectivity index (χ2n) is 5.90. The zero-order valence-corrected chi connectivity index (χ0v) is 15.0. The van der Waals surface area contributed by atoms with E-state index in [2.05, 4.69) is 11.7 Å². The Bertz CT molecular complexity index is 222. The van der Waals surface area contributed by atoms with Gasteiger partial charge in [0.05, 0.1) is 13.7 Å². The number of carbonyl (C=O) groups is 1. The van der Waals surface area contributed by atoms with Crippen LogP contribution in [0, 0.1) is 0 Å². The van der Waals surface area contributed by atoms with Crippen LogP contribution in [0.15, 0.2) is 0 Å². The van der Waals surface area contributed by atoms with Gasteiger partial charge in [-0.3, -0.25) is 0 Å². The highest BCUT2D eigenvalue weighted by molar-refractivity contribution is 5.59. The fourth-order valence-electron chi connectivity index (χ4n) is 2.51. The number of unbranched alkanes of at least 4 members (excludes halogenated alkanes) is 13. The number of methoxy groups -OCH3 is 1. The third kappa shape index (κ3) is 19.2. The van der Waals surface area contributed by atoms with Crippen molar-refractivity contribution in [1.82, 2.24) is 6.15 Å². The molecule has 22 heavy (non-hydrogen) atoms. The van der Waals surface area contributed by atoms with Gasteiger partial charge in [-0.15, -0.1) is 0 Å². The Labute approximate surface area is 137 Å². The van der Waals surface area contributed by atoms with E-state index in [1.165, 1.54) is 84.2 Å². The van der Waals surface area contributed by atoms with Crippen molar-refractivity contribution >= 4 is 6.16 Å². The fraction of sp³-hybridized carbons (Fsp3) is 0.944. The van der Waals surface area contributed by atoms with E-state index >= 15 is 0 Å². The number of hydrogen-bond acceptors (Lipinski definition) is 4. The first-order valence-electron chi connectivity index (χ1n) is 9.02. The predicted octanol–water partition coefficient (Wildman–Crippen LogP) is 6.41. The van der Waals surface area contributed by atoms with Gasteiger partial charge in [0.25, 0.3) is 0 Å². The predicted molar refractivity (Wildman–Crippen MR) is 93.7 cm³/mol. The largest absolute Gasteiger partial charge is 0.507 e. The molecule has 0 amide bonds. The van der Waals surface area contributed by atoms with Gasteiger partial charge in [-0.05, 0) is 6.42 Å². The van der Waals surface area contributed by atoms with E-state index in [-0.39, 0.29) is 6.15 Å². The normalized spacial score (nSPS) is 10.1. The van der Waals surface area contributed by atoms with Gasteiger partial charge in [0, 0.05) is 0 Å². The Kier molecular flexibility index (Phi) is 21.6. The smallest absolute Gasteiger partial charge is 0.438 e. The summed E-state index contributed by atoms with van der Waals surface area (Å²) in [5.41, 5.74) is 0. The zero-order valence-electron chi connectivity index (χ0n) is 15.0. The number of carbonyl (C=O) groups excluding carboxylic acids is 1. The first-order chi connectivity index (χ1) is 10.3. The van der Waals surface area contributed by atoms with Crippen molar-refractivity contribution in [3.05, 3.63) is 0 Å². The van der Waals surface area contributed by atoms with Crippen molar-refractivity contribution in [2.24, 2.45) is 0 Å². The van der Waals surface area contributed by atoms with Crippen LogP contribution in [0.4, 0.5) is 4.79 Å². The summed E-state index contributed by atoms with van der Waals surface area (Å²) in [6.07, 6.45) is 18.1. The Morgan fingerprint density at radius 3 is 1.41 bits per heavy atom.